The van der Waals surface area contributed by atoms with Crippen molar-refractivity contribution < 1.29 is 18.7 Å². The number of carbonyl (C=O) groups excluding carboxylic acids is 2. The topological polar surface area (TPSA) is 71.8 Å². The van der Waals surface area contributed by atoms with Crippen molar-refractivity contribution in [1.82, 2.24) is 10.2 Å². The molecule has 2 amide bonds. The van der Waals surface area contributed by atoms with Gasteiger partial charge >= 0.3 is 0 Å². The number of amides is 2. The van der Waals surface area contributed by atoms with E-state index in [4.69, 9.17) is 9.15 Å². The highest BCUT2D eigenvalue weighted by atomic mass is 16.5. The Kier molecular flexibility index (Phi) is 5.22. The lowest BCUT2D eigenvalue weighted by Gasteiger charge is -2.17. The third-order valence-electron chi connectivity index (χ3n) is 4.06. The molecule has 6 heteroatoms. The van der Waals surface area contributed by atoms with E-state index in [0.29, 0.717) is 17.9 Å². The quantitative estimate of drug-likeness (QED) is 0.740. The average molecular weight is 352 g/mol. The predicted octanol–water partition coefficient (Wildman–Crippen LogP) is 2.83. The first-order valence-electron chi connectivity index (χ1n) is 8.19. The lowest BCUT2D eigenvalue weighted by Crippen LogP contribution is -2.38. The fourth-order valence-corrected chi connectivity index (χ4v) is 2.65. The zero-order valence-corrected chi connectivity index (χ0v) is 14.7. The molecule has 2 aromatic carbocycles. The van der Waals surface area contributed by atoms with Crippen molar-refractivity contribution in [1.29, 1.82) is 0 Å². The SMILES string of the molecule is COc1ccc2cc(C(=O)N(C)CC(=O)NCc3ccco3)ccc2c1. The van der Waals surface area contributed by atoms with E-state index >= 15 is 0 Å². The Balaban J connectivity index is 1.63. The number of furan rings is 1. The van der Waals surface area contributed by atoms with Crippen molar-refractivity contribution >= 4 is 22.6 Å². The van der Waals surface area contributed by atoms with Gasteiger partial charge in [0.2, 0.25) is 5.91 Å². The van der Waals surface area contributed by atoms with Crippen molar-refractivity contribution in [2.75, 3.05) is 20.7 Å². The molecule has 1 aromatic heterocycles. The molecular formula is C20H20N2O4. The fourth-order valence-electron chi connectivity index (χ4n) is 2.65. The van der Waals surface area contributed by atoms with E-state index in [1.807, 2.05) is 30.3 Å². The first-order valence-corrected chi connectivity index (χ1v) is 8.19. The molecule has 0 saturated heterocycles. The lowest BCUT2D eigenvalue weighted by atomic mass is 10.1. The largest absolute Gasteiger partial charge is 0.497 e. The molecule has 0 unspecified atom stereocenters. The molecule has 1 heterocycles. The Bertz CT molecular complexity index is 919. The summed E-state index contributed by atoms with van der Waals surface area (Å²) in [5.41, 5.74) is 0.531. The van der Waals surface area contributed by atoms with Gasteiger partial charge in [-0.25, -0.2) is 0 Å². The van der Waals surface area contributed by atoms with Crippen LogP contribution in [0, 0.1) is 0 Å². The van der Waals surface area contributed by atoms with E-state index in [-0.39, 0.29) is 18.4 Å². The number of fused-ring (bicyclic) bond motifs is 1. The summed E-state index contributed by atoms with van der Waals surface area (Å²) >= 11 is 0. The molecule has 0 radical (unpaired) electrons. The van der Waals surface area contributed by atoms with Gasteiger partial charge < -0.3 is 19.4 Å². The van der Waals surface area contributed by atoms with Gasteiger partial charge in [0.25, 0.3) is 5.91 Å². The highest BCUT2D eigenvalue weighted by Gasteiger charge is 2.15. The fraction of sp³-hybridized carbons (Fsp3) is 0.200. The highest BCUT2D eigenvalue weighted by Crippen LogP contribution is 2.22. The molecule has 0 bridgehead atoms. The zero-order valence-electron chi connectivity index (χ0n) is 14.7. The summed E-state index contributed by atoms with van der Waals surface area (Å²) in [6.45, 7) is 0.270. The smallest absolute Gasteiger partial charge is 0.254 e. The summed E-state index contributed by atoms with van der Waals surface area (Å²) in [4.78, 5) is 26.0. The molecule has 6 nitrogen and oxygen atoms in total. The second kappa shape index (κ2) is 7.74. The number of benzene rings is 2. The van der Waals surface area contributed by atoms with Crippen LogP contribution >= 0.6 is 0 Å². The molecule has 0 aliphatic heterocycles. The summed E-state index contributed by atoms with van der Waals surface area (Å²) in [5, 5.41) is 4.65. The summed E-state index contributed by atoms with van der Waals surface area (Å²) in [6.07, 6.45) is 1.55. The standard InChI is InChI=1S/C20H20N2O4/c1-22(13-19(23)21-12-18-4-3-9-26-18)20(24)16-6-5-15-11-17(25-2)8-7-14(15)10-16/h3-11H,12-13H2,1-2H3,(H,21,23). The number of nitrogens with one attached hydrogen (secondary N) is 1. The van der Waals surface area contributed by atoms with Crippen molar-refractivity contribution in [3.05, 3.63) is 66.1 Å². The monoisotopic (exact) mass is 352 g/mol. The lowest BCUT2D eigenvalue weighted by molar-refractivity contribution is -0.121. The van der Waals surface area contributed by atoms with Crippen LogP contribution in [0.2, 0.25) is 0 Å². The van der Waals surface area contributed by atoms with Crippen LogP contribution in [0.3, 0.4) is 0 Å². The summed E-state index contributed by atoms with van der Waals surface area (Å²) in [5.74, 6) is 0.970. The van der Waals surface area contributed by atoms with E-state index in [1.165, 1.54) is 4.90 Å². The zero-order chi connectivity index (χ0) is 18.5. The number of hydrogen-bond acceptors (Lipinski definition) is 4. The third-order valence-corrected chi connectivity index (χ3v) is 4.06. The molecule has 1 N–H and O–H groups in total. The molecule has 134 valence electrons. The summed E-state index contributed by atoms with van der Waals surface area (Å²) in [7, 11) is 3.22. The molecule has 0 fully saturated rings. The van der Waals surface area contributed by atoms with Crippen molar-refractivity contribution in [3.63, 3.8) is 0 Å². The normalized spacial score (nSPS) is 10.5. The Labute approximate surface area is 151 Å². The van der Waals surface area contributed by atoms with E-state index in [1.54, 1.807) is 38.6 Å². The Morgan fingerprint density at radius 3 is 2.62 bits per heavy atom. The minimum absolute atomic E-state index is 0.0276. The van der Waals surface area contributed by atoms with Gasteiger partial charge in [0.05, 0.1) is 26.5 Å². The van der Waals surface area contributed by atoms with Gasteiger partial charge in [0, 0.05) is 12.6 Å². The van der Waals surface area contributed by atoms with Gasteiger partial charge in [-0.2, -0.15) is 0 Å². The molecule has 3 aromatic rings. The average Bonchev–Trinajstić information content (AvgIpc) is 3.18. The van der Waals surface area contributed by atoms with E-state index in [2.05, 4.69) is 5.32 Å². The number of rotatable bonds is 6. The molecular weight excluding hydrogens is 332 g/mol. The van der Waals surface area contributed by atoms with Crippen LogP contribution in [0.25, 0.3) is 10.8 Å². The molecule has 0 aliphatic rings. The number of likely N-dealkylation sites (N-methyl/N-ethyl adjacent to an activating group) is 1. The number of nitrogens with zero attached hydrogens (tertiary/aromatic N) is 1. The van der Waals surface area contributed by atoms with Gasteiger partial charge in [0.1, 0.15) is 11.5 Å². The van der Waals surface area contributed by atoms with Crippen LogP contribution in [-0.4, -0.2) is 37.4 Å². The van der Waals surface area contributed by atoms with Gasteiger partial charge in [0.15, 0.2) is 0 Å². The number of carbonyl (C=O) groups is 2. The molecule has 0 atom stereocenters. The maximum Gasteiger partial charge on any atom is 0.254 e. The van der Waals surface area contributed by atoms with Crippen LogP contribution in [0.4, 0.5) is 0 Å². The van der Waals surface area contributed by atoms with E-state index in [0.717, 1.165) is 16.5 Å². The van der Waals surface area contributed by atoms with Crippen LogP contribution in [0.1, 0.15) is 16.1 Å². The van der Waals surface area contributed by atoms with Crippen LogP contribution in [-0.2, 0) is 11.3 Å². The Morgan fingerprint density at radius 1 is 1.12 bits per heavy atom. The number of hydrogen-bond donors (Lipinski definition) is 1. The Hall–Kier alpha value is -3.28. The van der Waals surface area contributed by atoms with Gasteiger partial charge in [-0.1, -0.05) is 12.1 Å². The first-order chi connectivity index (χ1) is 12.6. The summed E-state index contributed by atoms with van der Waals surface area (Å²) < 4.78 is 10.4. The maximum absolute atomic E-state index is 12.6. The second-order valence-corrected chi connectivity index (χ2v) is 5.95. The van der Waals surface area contributed by atoms with Gasteiger partial charge in [-0.15, -0.1) is 0 Å². The molecule has 3 rings (SSSR count). The maximum atomic E-state index is 12.6. The van der Waals surface area contributed by atoms with Gasteiger partial charge in [-0.3, -0.25) is 9.59 Å². The van der Waals surface area contributed by atoms with Crippen LogP contribution in [0.15, 0.2) is 59.2 Å². The van der Waals surface area contributed by atoms with Crippen molar-refractivity contribution in [2.24, 2.45) is 0 Å². The van der Waals surface area contributed by atoms with Crippen molar-refractivity contribution in [2.45, 2.75) is 6.54 Å². The minimum atomic E-state index is -0.247. The summed E-state index contributed by atoms with van der Waals surface area (Å²) in [6, 6.07) is 14.6. The third kappa shape index (κ3) is 4.03. The second-order valence-electron chi connectivity index (χ2n) is 5.95. The first kappa shape index (κ1) is 17.5. The van der Waals surface area contributed by atoms with Crippen LogP contribution < -0.4 is 10.1 Å². The Morgan fingerprint density at radius 2 is 1.88 bits per heavy atom. The number of methoxy groups -OCH3 is 1. The van der Waals surface area contributed by atoms with Crippen molar-refractivity contribution in [3.8, 4) is 5.75 Å². The molecule has 0 saturated carbocycles. The molecule has 0 aliphatic carbocycles. The van der Waals surface area contributed by atoms with E-state index < -0.39 is 0 Å². The highest BCUT2D eigenvalue weighted by molar-refractivity contribution is 6.00. The van der Waals surface area contributed by atoms with Crippen LogP contribution in [0.5, 0.6) is 5.75 Å². The minimum Gasteiger partial charge on any atom is -0.497 e. The number of ether oxygens (including phenoxy) is 1. The van der Waals surface area contributed by atoms with E-state index in [9.17, 15) is 9.59 Å². The van der Waals surface area contributed by atoms with Gasteiger partial charge in [-0.05, 0) is 47.2 Å². The molecule has 26 heavy (non-hydrogen) atoms. The predicted molar refractivity (Wildman–Crippen MR) is 98.0 cm³/mol. The molecule has 0 spiro atoms.